The Bertz CT molecular complexity index is 1480. The molecule has 0 bridgehead atoms. The molecule has 0 aliphatic carbocycles. The van der Waals surface area contributed by atoms with E-state index in [1.165, 1.54) is 12.1 Å². The van der Waals surface area contributed by atoms with Crippen molar-refractivity contribution < 1.29 is 32.2 Å². The lowest BCUT2D eigenvalue weighted by atomic mass is 10.0. The number of benzene rings is 3. The lowest BCUT2D eigenvalue weighted by molar-refractivity contribution is -0.142. The molecule has 204 valence electrons. The van der Waals surface area contributed by atoms with Crippen LogP contribution in [0.2, 0.25) is 0 Å². The van der Waals surface area contributed by atoms with Crippen LogP contribution in [0.15, 0.2) is 66.7 Å². The van der Waals surface area contributed by atoms with E-state index in [-0.39, 0.29) is 25.2 Å². The highest BCUT2D eigenvalue weighted by molar-refractivity contribution is 6.08. The van der Waals surface area contributed by atoms with Gasteiger partial charge in [0.25, 0.3) is 0 Å². The molecule has 39 heavy (non-hydrogen) atoms. The first-order chi connectivity index (χ1) is 18.5. The molecule has 0 N–H and O–H groups in total. The van der Waals surface area contributed by atoms with Crippen molar-refractivity contribution in [3.05, 3.63) is 89.1 Å². The number of nitrogens with zero attached hydrogens (tertiary/aromatic N) is 1. The van der Waals surface area contributed by atoms with Gasteiger partial charge in [-0.3, -0.25) is 4.79 Å². The van der Waals surface area contributed by atoms with Crippen molar-refractivity contribution >= 4 is 22.8 Å². The summed E-state index contributed by atoms with van der Waals surface area (Å²) in [6.07, 6.45) is -4.61. The fourth-order valence-electron chi connectivity index (χ4n) is 4.63. The predicted molar refractivity (Wildman–Crippen MR) is 144 cm³/mol. The van der Waals surface area contributed by atoms with E-state index in [0.717, 1.165) is 23.4 Å². The van der Waals surface area contributed by atoms with E-state index < -0.39 is 23.7 Å². The standard InChI is InChI=1S/C31H30F3NO4/c1-5-38-28(36)18-27-29(30(37)39-6-2)25-17-22(21-7-12-23(13-8-21)31(32,33)34)11-16-26(25)35(27)24-14-9-20(10-15-24)19(3)4/h7-17,19H,5-6,18H2,1-4H3. The second-order valence-corrected chi connectivity index (χ2v) is 9.41. The highest BCUT2D eigenvalue weighted by atomic mass is 19.4. The van der Waals surface area contributed by atoms with E-state index in [4.69, 9.17) is 9.47 Å². The summed E-state index contributed by atoms with van der Waals surface area (Å²) >= 11 is 0. The second-order valence-electron chi connectivity index (χ2n) is 9.41. The lowest BCUT2D eigenvalue weighted by Crippen LogP contribution is -2.15. The maximum atomic E-state index is 13.3. The number of ether oxygens (including phenoxy) is 2. The van der Waals surface area contributed by atoms with Crippen molar-refractivity contribution in [2.45, 2.75) is 46.2 Å². The zero-order chi connectivity index (χ0) is 28.3. The minimum absolute atomic E-state index is 0.131. The summed E-state index contributed by atoms with van der Waals surface area (Å²) in [7, 11) is 0. The van der Waals surface area contributed by atoms with E-state index in [1.54, 1.807) is 32.0 Å². The fraction of sp³-hybridized carbons (Fsp3) is 0.290. The molecule has 0 aliphatic rings. The number of rotatable bonds is 8. The van der Waals surface area contributed by atoms with Gasteiger partial charge in [-0.1, -0.05) is 44.2 Å². The minimum atomic E-state index is -4.44. The van der Waals surface area contributed by atoms with Crippen LogP contribution in [0.25, 0.3) is 27.7 Å². The van der Waals surface area contributed by atoms with E-state index in [9.17, 15) is 22.8 Å². The lowest BCUT2D eigenvalue weighted by Gasteiger charge is -2.14. The van der Waals surface area contributed by atoms with Crippen LogP contribution >= 0.6 is 0 Å². The Kier molecular flexibility index (Phi) is 8.14. The maximum Gasteiger partial charge on any atom is 0.416 e. The number of hydrogen-bond acceptors (Lipinski definition) is 4. The quantitative estimate of drug-likeness (QED) is 0.216. The van der Waals surface area contributed by atoms with Crippen LogP contribution in [-0.2, 0) is 26.9 Å². The van der Waals surface area contributed by atoms with Crippen LogP contribution in [-0.4, -0.2) is 29.7 Å². The molecule has 4 rings (SSSR count). The van der Waals surface area contributed by atoms with Gasteiger partial charge in [-0.2, -0.15) is 13.2 Å². The Morgan fingerprint density at radius 3 is 2.03 bits per heavy atom. The topological polar surface area (TPSA) is 57.5 Å². The number of fused-ring (bicyclic) bond motifs is 1. The van der Waals surface area contributed by atoms with Gasteiger partial charge in [0.2, 0.25) is 0 Å². The van der Waals surface area contributed by atoms with Gasteiger partial charge in [-0.25, -0.2) is 4.79 Å². The van der Waals surface area contributed by atoms with Crippen molar-refractivity contribution in [2.75, 3.05) is 13.2 Å². The summed E-state index contributed by atoms with van der Waals surface area (Å²) in [5, 5.41) is 0.526. The third-order valence-electron chi connectivity index (χ3n) is 6.53. The molecule has 4 aromatic rings. The Balaban J connectivity index is 1.96. The summed E-state index contributed by atoms with van der Waals surface area (Å²) < 4.78 is 51.7. The van der Waals surface area contributed by atoms with Gasteiger partial charge in [0.05, 0.1) is 36.3 Å². The van der Waals surface area contributed by atoms with E-state index in [1.807, 2.05) is 28.8 Å². The number of carbonyl (C=O) groups is 2. The van der Waals surface area contributed by atoms with E-state index in [2.05, 4.69) is 13.8 Å². The van der Waals surface area contributed by atoms with Crippen LogP contribution in [0.4, 0.5) is 13.2 Å². The van der Waals surface area contributed by atoms with Gasteiger partial charge in [0.1, 0.15) is 0 Å². The fourth-order valence-corrected chi connectivity index (χ4v) is 4.63. The smallest absolute Gasteiger partial charge is 0.416 e. The molecule has 0 radical (unpaired) electrons. The highest BCUT2D eigenvalue weighted by Gasteiger charge is 2.30. The zero-order valence-electron chi connectivity index (χ0n) is 22.3. The van der Waals surface area contributed by atoms with Gasteiger partial charge >= 0.3 is 18.1 Å². The van der Waals surface area contributed by atoms with Crippen LogP contribution in [0, 0.1) is 0 Å². The average molecular weight is 538 g/mol. The molecule has 0 spiro atoms. The summed E-state index contributed by atoms with van der Waals surface area (Å²) in [6, 6.07) is 18.1. The van der Waals surface area contributed by atoms with E-state index >= 15 is 0 Å². The molecule has 0 unspecified atom stereocenters. The number of carbonyl (C=O) groups excluding carboxylic acids is 2. The largest absolute Gasteiger partial charge is 0.466 e. The molecule has 1 aromatic heterocycles. The van der Waals surface area contributed by atoms with Crippen molar-refractivity contribution in [2.24, 2.45) is 0 Å². The van der Waals surface area contributed by atoms with E-state index in [0.29, 0.717) is 33.6 Å². The number of aromatic nitrogens is 1. The first-order valence-corrected chi connectivity index (χ1v) is 12.8. The molecular formula is C31H30F3NO4. The van der Waals surface area contributed by atoms with Gasteiger partial charge in [0.15, 0.2) is 0 Å². The Labute approximate surface area is 225 Å². The first kappa shape index (κ1) is 28.0. The summed E-state index contributed by atoms with van der Waals surface area (Å²) in [4.78, 5) is 26.0. The number of alkyl halides is 3. The molecule has 3 aromatic carbocycles. The monoisotopic (exact) mass is 537 g/mol. The van der Waals surface area contributed by atoms with Crippen LogP contribution < -0.4 is 0 Å². The molecule has 0 atom stereocenters. The Morgan fingerprint density at radius 2 is 1.46 bits per heavy atom. The average Bonchev–Trinajstić information content (AvgIpc) is 3.21. The minimum Gasteiger partial charge on any atom is -0.466 e. The summed E-state index contributed by atoms with van der Waals surface area (Å²) in [5.74, 6) is -0.765. The number of esters is 2. The highest BCUT2D eigenvalue weighted by Crippen LogP contribution is 2.36. The molecular weight excluding hydrogens is 507 g/mol. The van der Waals surface area contributed by atoms with Gasteiger partial charge in [-0.15, -0.1) is 0 Å². The number of hydrogen-bond donors (Lipinski definition) is 0. The number of halogens is 3. The van der Waals surface area contributed by atoms with Gasteiger partial charge < -0.3 is 14.0 Å². The molecule has 0 saturated heterocycles. The SMILES string of the molecule is CCOC(=O)Cc1c(C(=O)OCC)c2cc(-c3ccc(C(F)(F)F)cc3)ccc2n1-c1ccc(C(C)C)cc1. The van der Waals surface area contributed by atoms with Crippen LogP contribution in [0.5, 0.6) is 0 Å². The van der Waals surface area contributed by atoms with Crippen LogP contribution in [0.3, 0.4) is 0 Å². The second kappa shape index (κ2) is 11.4. The Morgan fingerprint density at radius 1 is 0.846 bits per heavy atom. The third-order valence-corrected chi connectivity index (χ3v) is 6.53. The molecule has 8 heteroatoms. The van der Waals surface area contributed by atoms with Gasteiger partial charge in [-0.05, 0) is 72.9 Å². The molecule has 0 amide bonds. The normalized spacial score (nSPS) is 11.7. The third kappa shape index (κ3) is 5.85. The van der Waals surface area contributed by atoms with Crippen molar-refractivity contribution in [3.8, 4) is 16.8 Å². The van der Waals surface area contributed by atoms with Crippen molar-refractivity contribution in [1.82, 2.24) is 4.57 Å². The predicted octanol–water partition coefficient (Wildman–Crippen LogP) is 7.72. The van der Waals surface area contributed by atoms with Crippen molar-refractivity contribution in [3.63, 3.8) is 0 Å². The Hall–Kier alpha value is -4.07. The van der Waals surface area contributed by atoms with Crippen LogP contribution in [0.1, 0.15) is 60.8 Å². The maximum absolute atomic E-state index is 13.3. The summed E-state index contributed by atoms with van der Waals surface area (Å²) in [5.41, 5.74) is 3.62. The molecule has 5 nitrogen and oxygen atoms in total. The molecule has 0 saturated carbocycles. The zero-order valence-corrected chi connectivity index (χ0v) is 22.3. The first-order valence-electron chi connectivity index (χ1n) is 12.8. The summed E-state index contributed by atoms with van der Waals surface area (Å²) in [6.45, 7) is 7.91. The molecule has 1 heterocycles. The molecule has 0 fully saturated rings. The molecule has 0 aliphatic heterocycles. The van der Waals surface area contributed by atoms with Gasteiger partial charge in [0, 0.05) is 16.8 Å². The van der Waals surface area contributed by atoms with Crippen molar-refractivity contribution in [1.29, 1.82) is 0 Å².